The van der Waals surface area contributed by atoms with Crippen LogP contribution in [0, 0.1) is 17.8 Å². The zero-order chi connectivity index (χ0) is 18.1. The van der Waals surface area contributed by atoms with Crippen molar-refractivity contribution in [1.29, 1.82) is 0 Å². The molecular formula is C19H33Cl2N5. The summed E-state index contributed by atoms with van der Waals surface area (Å²) in [5.74, 6) is 1.72. The Morgan fingerprint density at radius 2 is 2.08 bits per heavy atom. The molecule has 2 saturated heterocycles. The third-order valence-electron chi connectivity index (χ3n) is 6.85. The Labute approximate surface area is 167 Å². The fourth-order valence-electron chi connectivity index (χ4n) is 5.21. The van der Waals surface area contributed by atoms with Crippen molar-refractivity contribution >= 4 is 23.2 Å². The largest absolute Gasteiger partial charge is 0.330 e. The van der Waals surface area contributed by atoms with E-state index in [0.29, 0.717) is 30.1 Å². The molecule has 148 valence electrons. The average Bonchev–Trinajstić information content (AvgIpc) is 3.35. The van der Waals surface area contributed by atoms with Gasteiger partial charge in [0.1, 0.15) is 0 Å². The van der Waals surface area contributed by atoms with Crippen LogP contribution in [0.25, 0.3) is 0 Å². The molecule has 0 bridgehead atoms. The second kappa shape index (κ2) is 8.64. The Bertz CT molecular complexity index is 516. The van der Waals surface area contributed by atoms with E-state index in [4.69, 9.17) is 28.9 Å². The zero-order valence-corrected chi connectivity index (χ0v) is 17.0. The summed E-state index contributed by atoms with van der Waals surface area (Å²) in [6, 6.07) is 0. The van der Waals surface area contributed by atoms with Gasteiger partial charge in [-0.3, -0.25) is 10.2 Å². The van der Waals surface area contributed by atoms with Crippen LogP contribution in [0.2, 0.25) is 0 Å². The lowest BCUT2D eigenvalue weighted by molar-refractivity contribution is 0.0683. The van der Waals surface area contributed by atoms with Crippen LogP contribution in [-0.4, -0.2) is 67.3 Å². The molecular weight excluding hydrogens is 369 g/mol. The van der Waals surface area contributed by atoms with Crippen LogP contribution in [-0.2, 0) is 0 Å². The molecule has 7 heteroatoms. The third kappa shape index (κ3) is 4.09. The van der Waals surface area contributed by atoms with Gasteiger partial charge in [0.15, 0.2) is 0 Å². The average molecular weight is 402 g/mol. The first kappa shape index (κ1) is 19.4. The summed E-state index contributed by atoms with van der Waals surface area (Å²) in [5.41, 5.74) is 7.49. The van der Waals surface area contributed by atoms with Crippen molar-refractivity contribution in [2.24, 2.45) is 23.5 Å². The lowest BCUT2D eigenvalue weighted by Crippen LogP contribution is -2.66. The van der Waals surface area contributed by atoms with E-state index in [1.54, 1.807) is 5.57 Å². The Hall–Kier alpha value is 0.120. The van der Waals surface area contributed by atoms with Crippen molar-refractivity contribution in [3.63, 3.8) is 0 Å². The number of rotatable bonds is 4. The number of hydrogen-bond acceptors (Lipinski definition) is 5. The summed E-state index contributed by atoms with van der Waals surface area (Å²) < 4.78 is 0. The molecule has 3 aliphatic heterocycles. The molecule has 7 unspecified atom stereocenters. The molecule has 0 aromatic rings. The summed E-state index contributed by atoms with van der Waals surface area (Å²) >= 11 is 12.8. The molecule has 4 rings (SSSR count). The van der Waals surface area contributed by atoms with Crippen LogP contribution in [0.15, 0.2) is 11.6 Å². The van der Waals surface area contributed by atoms with Crippen molar-refractivity contribution in [3.8, 4) is 0 Å². The molecule has 0 amide bonds. The van der Waals surface area contributed by atoms with E-state index in [-0.39, 0.29) is 10.8 Å². The first-order chi connectivity index (χ1) is 12.7. The summed E-state index contributed by atoms with van der Waals surface area (Å²) in [7, 11) is 0. The highest BCUT2D eigenvalue weighted by atomic mass is 35.5. The van der Waals surface area contributed by atoms with Gasteiger partial charge in [0.25, 0.3) is 0 Å². The molecule has 5 N–H and O–H groups in total. The number of halogens is 2. The SMILES string of the molecule is NCC1CCN(C2NC(C3CCC(Cl)C(Cl)C3)NCC2C2=CCNC2)C1. The van der Waals surface area contributed by atoms with E-state index in [2.05, 4.69) is 26.9 Å². The van der Waals surface area contributed by atoms with Gasteiger partial charge in [-0.05, 0) is 44.1 Å². The van der Waals surface area contributed by atoms with Crippen LogP contribution in [0.3, 0.4) is 0 Å². The highest BCUT2D eigenvalue weighted by Crippen LogP contribution is 2.35. The van der Waals surface area contributed by atoms with Crippen LogP contribution < -0.4 is 21.7 Å². The van der Waals surface area contributed by atoms with E-state index in [1.807, 2.05) is 0 Å². The minimum absolute atomic E-state index is 0.0883. The van der Waals surface area contributed by atoms with Crippen LogP contribution in [0.1, 0.15) is 25.7 Å². The Morgan fingerprint density at radius 1 is 1.19 bits per heavy atom. The monoisotopic (exact) mass is 401 g/mol. The van der Waals surface area contributed by atoms with Gasteiger partial charge in [-0.15, -0.1) is 23.2 Å². The van der Waals surface area contributed by atoms with Crippen LogP contribution in [0.4, 0.5) is 0 Å². The normalized spacial score (nSPS) is 45.0. The van der Waals surface area contributed by atoms with E-state index < -0.39 is 0 Å². The fourth-order valence-corrected chi connectivity index (χ4v) is 5.80. The van der Waals surface area contributed by atoms with Crippen molar-refractivity contribution in [1.82, 2.24) is 20.9 Å². The first-order valence-electron chi connectivity index (χ1n) is 10.3. The maximum absolute atomic E-state index is 6.49. The maximum Gasteiger partial charge on any atom is 0.0689 e. The lowest BCUT2D eigenvalue weighted by atomic mass is 9.83. The Morgan fingerprint density at radius 3 is 2.77 bits per heavy atom. The van der Waals surface area contributed by atoms with Crippen LogP contribution in [0.5, 0.6) is 0 Å². The molecule has 1 saturated carbocycles. The number of nitrogens with two attached hydrogens (primary N) is 1. The molecule has 7 atom stereocenters. The topological polar surface area (TPSA) is 65.3 Å². The van der Waals surface area contributed by atoms with E-state index in [9.17, 15) is 0 Å². The van der Waals surface area contributed by atoms with Gasteiger partial charge in [-0.2, -0.15) is 0 Å². The molecule has 0 aromatic heterocycles. The molecule has 4 aliphatic rings. The number of likely N-dealkylation sites (tertiary alicyclic amines) is 1. The molecule has 0 spiro atoms. The van der Waals surface area contributed by atoms with Crippen molar-refractivity contribution < 1.29 is 0 Å². The van der Waals surface area contributed by atoms with E-state index in [0.717, 1.165) is 58.5 Å². The summed E-state index contributed by atoms with van der Waals surface area (Å²) in [6.45, 7) is 6.12. The van der Waals surface area contributed by atoms with Gasteiger partial charge in [0.05, 0.1) is 17.7 Å². The Kier molecular flexibility index (Phi) is 6.46. The zero-order valence-electron chi connectivity index (χ0n) is 15.5. The quantitative estimate of drug-likeness (QED) is 0.422. The maximum atomic E-state index is 6.49. The second-order valence-electron chi connectivity index (χ2n) is 8.50. The summed E-state index contributed by atoms with van der Waals surface area (Å²) in [5, 5.41) is 11.5. The summed E-state index contributed by atoms with van der Waals surface area (Å²) in [6.07, 6.45) is 7.48. The van der Waals surface area contributed by atoms with Gasteiger partial charge in [-0.25, -0.2) is 0 Å². The van der Waals surface area contributed by atoms with Crippen LogP contribution >= 0.6 is 23.2 Å². The van der Waals surface area contributed by atoms with Gasteiger partial charge in [0, 0.05) is 44.0 Å². The molecule has 0 radical (unpaired) electrons. The van der Waals surface area contributed by atoms with Crippen molar-refractivity contribution in [2.75, 3.05) is 39.3 Å². The van der Waals surface area contributed by atoms with Gasteiger partial charge in [-0.1, -0.05) is 11.6 Å². The van der Waals surface area contributed by atoms with Crippen molar-refractivity contribution in [2.45, 2.75) is 48.8 Å². The second-order valence-corrected chi connectivity index (χ2v) is 9.63. The van der Waals surface area contributed by atoms with Crippen molar-refractivity contribution in [3.05, 3.63) is 11.6 Å². The lowest BCUT2D eigenvalue weighted by Gasteiger charge is -2.47. The Balaban J connectivity index is 1.46. The minimum atomic E-state index is 0.0883. The highest BCUT2D eigenvalue weighted by molar-refractivity contribution is 6.30. The smallest absolute Gasteiger partial charge is 0.0689 e. The molecule has 26 heavy (non-hydrogen) atoms. The molecule has 0 aromatic carbocycles. The predicted octanol–water partition coefficient (Wildman–Crippen LogP) is 1.27. The standard InChI is InChI=1S/C19H33Cl2N5/c20-16-2-1-13(7-17(16)21)18-24-10-15(14-3-5-23-9-14)19(25-18)26-6-4-12(8-22)11-26/h3,12-13,15-19,23-25H,1-2,4-11,22H2. The highest BCUT2D eigenvalue weighted by Gasteiger charge is 2.42. The number of alkyl halides is 2. The minimum Gasteiger partial charge on any atom is -0.330 e. The molecule has 3 heterocycles. The number of nitrogens with zero attached hydrogens (tertiary/aromatic N) is 1. The predicted molar refractivity (Wildman–Crippen MR) is 109 cm³/mol. The van der Waals surface area contributed by atoms with E-state index in [1.165, 1.54) is 6.42 Å². The molecule has 5 nitrogen and oxygen atoms in total. The fraction of sp³-hybridized carbons (Fsp3) is 0.895. The van der Waals surface area contributed by atoms with Gasteiger partial charge in [0.2, 0.25) is 0 Å². The van der Waals surface area contributed by atoms with Gasteiger partial charge >= 0.3 is 0 Å². The van der Waals surface area contributed by atoms with E-state index >= 15 is 0 Å². The third-order valence-corrected chi connectivity index (χ3v) is 7.99. The molecule has 1 aliphatic carbocycles. The molecule has 3 fully saturated rings. The summed E-state index contributed by atoms with van der Waals surface area (Å²) in [4.78, 5) is 2.64. The van der Waals surface area contributed by atoms with Gasteiger partial charge < -0.3 is 16.4 Å². The number of nitrogens with one attached hydrogen (secondary N) is 3. The number of hydrogen-bond donors (Lipinski definition) is 4. The first-order valence-corrected chi connectivity index (χ1v) is 11.1.